The molecule has 0 aromatic carbocycles. The fourth-order valence-electron chi connectivity index (χ4n) is 3.23. The van der Waals surface area contributed by atoms with E-state index >= 15 is 0 Å². The summed E-state index contributed by atoms with van der Waals surface area (Å²) >= 11 is 7.09. The number of pyridine rings is 2. The Kier molecular flexibility index (Phi) is 9.76. The van der Waals surface area contributed by atoms with Crippen LogP contribution in [-0.2, 0) is 25.8 Å². The quantitative estimate of drug-likeness (QED) is 0.272. The van der Waals surface area contributed by atoms with E-state index in [1.165, 1.54) is 31.3 Å². The van der Waals surface area contributed by atoms with Crippen LogP contribution in [0.4, 0.5) is 0 Å². The summed E-state index contributed by atoms with van der Waals surface area (Å²) in [6, 6.07) is 3.29. The number of aryl methyl sites for hydroxylation is 1. The van der Waals surface area contributed by atoms with Crippen molar-refractivity contribution in [3.63, 3.8) is 0 Å². The highest BCUT2D eigenvalue weighted by Gasteiger charge is 2.20. The maximum absolute atomic E-state index is 13.4. The third kappa shape index (κ3) is 8.32. The number of halogens is 1. The predicted molar refractivity (Wildman–Crippen MR) is 141 cm³/mol. The lowest BCUT2D eigenvalue weighted by Gasteiger charge is -2.19. The third-order valence-corrected chi connectivity index (χ3v) is 6.00. The Morgan fingerprint density at radius 2 is 1.74 bits per heavy atom. The maximum Gasteiger partial charge on any atom is 0.308 e. The standard InChI is InChI=1S/C25H28ClN5O7S/c1-14-9-15(16-10-19(26)28-12-18(16)35-5)17(11-27-14)22(34)29-23-31(30-24(36-6)39-23)13-37-20(32)7-8-21(33)38-25(2,3)4/h9-12H,7-8,13H2,1-6H3. The van der Waals surface area contributed by atoms with E-state index in [-0.39, 0.29) is 40.3 Å². The molecule has 0 aliphatic carbocycles. The van der Waals surface area contributed by atoms with E-state index in [1.807, 2.05) is 0 Å². The minimum absolute atomic E-state index is 0.114. The average molecular weight is 578 g/mol. The summed E-state index contributed by atoms with van der Waals surface area (Å²) in [4.78, 5) is 50.0. The van der Waals surface area contributed by atoms with Gasteiger partial charge in [0.25, 0.3) is 11.1 Å². The van der Waals surface area contributed by atoms with Gasteiger partial charge in [-0.15, -0.1) is 5.10 Å². The molecule has 0 aliphatic heterocycles. The van der Waals surface area contributed by atoms with Crippen LogP contribution in [-0.4, -0.2) is 57.4 Å². The molecule has 0 N–H and O–H groups in total. The topological polar surface area (TPSA) is 144 Å². The number of rotatable bonds is 9. The zero-order chi connectivity index (χ0) is 28.7. The van der Waals surface area contributed by atoms with Crippen LogP contribution in [0.3, 0.4) is 0 Å². The fourth-order valence-corrected chi connectivity index (χ4v) is 4.10. The SMILES string of the molecule is COc1nn(COC(=O)CCC(=O)OC(C)(C)C)c(=NC(=O)c2cnc(C)cc2-c2cc(Cl)ncc2OC)s1. The molecule has 12 nitrogen and oxygen atoms in total. The van der Waals surface area contributed by atoms with E-state index < -0.39 is 23.4 Å². The molecule has 39 heavy (non-hydrogen) atoms. The molecule has 1 amide bonds. The summed E-state index contributed by atoms with van der Waals surface area (Å²) in [5.41, 5.74) is 1.21. The Morgan fingerprint density at radius 1 is 1.03 bits per heavy atom. The molecule has 3 aromatic heterocycles. The summed E-state index contributed by atoms with van der Waals surface area (Å²) in [6.45, 7) is 6.63. The zero-order valence-electron chi connectivity index (χ0n) is 22.3. The van der Waals surface area contributed by atoms with Crippen LogP contribution in [0, 0.1) is 6.92 Å². The Labute approximate surface area is 233 Å². The second-order valence-electron chi connectivity index (χ2n) is 9.08. The Bertz CT molecular complexity index is 1450. The van der Waals surface area contributed by atoms with Crippen LogP contribution in [0.1, 0.15) is 49.7 Å². The van der Waals surface area contributed by atoms with Gasteiger partial charge < -0.3 is 18.9 Å². The number of nitrogens with zero attached hydrogens (tertiary/aromatic N) is 5. The highest BCUT2D eigenvalue weighted by Crippen LogP contribution is 2.34. The molecule has 0 spiro atoms. The molecular weight excluding hydrogens is 550 g/mol. The lowest BCUT2D eigenvalue weighted by atomic mass is 10.0. The number of esters is 2. The largest absolute Gasteiger partial charge is 0.494 e. The normalized spacial score (nSPS) is 11.7. The van der Waals surface area contributed by atoms with Crippen molar-refractivity contribution in [3.05, 3.63) is 45.7 Å². The van der Waals surface area contributed by atoms with Gasteiger partial charge in [0.1, 0.15) is 16.5 Å². The first-order valence-corrected chi connectivity index (χ1v) is 12.8. The molecule has 0 atom stereocenters. The molecule has 208 valence electrons. The molecule has 3 heterocycles. The van der Waals surface area contributed by atoms with Gasteiger partial charge in [0.05, 0.1) is 38.8 Å². The highest BCUT2D eigenvalue weighted by atomic mass is 35.5. The maximum atomic E-state index is 13.4. The van der Waals surface area contributed by atoms with Gasteiger partial charge in [0.2, 0.25) is 4.80 Å². The highest BCUT2D eigenvalue weighted by molar-refractivity contribution is 7.10. The summed E-state index contributed by atoms with van der Waals surface area (Å²) in [5, 5.41) is 4.57. The first-order valence-electron chi connectivity index (χ1n) is 11.6. The molecule has 0 bridgehead atoms. The van der Waals surface area contributed by atoms with Gasteiger partial charge in [0, 0.05) is 23.0 Å². The van der Waals surface area contributed by atoms with Crippen molar-refractivity contribution in [2.75, 3.05) is 14.2 Å². The van der Waals surface area contributed by atoms with Crippen molar-refractivity contribution in [1.29, 1.82) is 0 Å². The second kappa shape index (κ2) is 12.8. The summed E-state index contributed by atoms with van der Waals surface area (Å²) in [6.07, 6.45) is 2.54. The number of aromatic nitrogens is 4. The van der Waals surface area contributed by atoms with Crippen LogP contribution in [0.25, 0.3) is 11.1 Å². The summed E-state index contributed by atoms with van der Waals surface area (Å²) in [5.74, 6) is -1.39. The van der Waals surface area contributed by atoms with E-state index in [1.54, 1.807) is 39.8 Å². The van der Waals surface area contributed by atoms with Crippen molar-refractivity contribution in [2.45, 2.75) is 52.9 Å². The Balaban J connectivity index is 1.86. The number of carbonyl (C=O) groups excluding carboxylic acids is 3. The lowest BCUT2D eigenvalue weighted by Crippen LogP contribution is -2.25. The monoisotopic (exact) mass is 577 g/mol. The molecule has 0 radical (unpaired) electrons. The molecule has 0 saturated heterocycles. The predicted octanol–water partition coefficient (Wildman–Crippen LogP) is 3.74. The number of ether oxygens (including phenoxy) is 4. The molecule has 0 unspecified atom stereocenters. The van der Waals surface area contributed by atoms with Gasteiger partial charge >= 0.3 is 11.9 Å². The van der Waals surface area contributed by atoms with Crippen LogP contribution in [0.5, 0.6) is 10.9 Å². The number of carbonyl (C=O) groups is 3. The zero-order valence-corrected chi connectivity index (χ0v) is 23.9. The minimum Gasteiger partial charge on any atom is -0.494 e. The summed E-state index contributed by atoms with van der Waals surface area (Å²) < 4.78 is 22.2. The first-order chi connectivity index (χ1) is 18.4. The number of hydrogen-bond acceptors (Lipinski definition) is 11. The molecule has 0 fully saturated rings. The van der Waals surface area contributed by atoms with E-state index in [2.05, 4.69) is 20.1 Å². The van der Waals surface area contributed by atoms with Gasteiger partial charge in [-0.05, 0) is 51.2 Å². The van der Waals surface area contributed by atoms with Crippen LogP contribution < -0.4 is 14.3 Å². The van der Waals surface area contributed by atoms with Gasteiger partial charge in [0.15, 0.2) is 6.73 Å². The van der Waals surface area contributed by atoms with Gasteiger partial charge in [-0.2, -0.15) is 9.67 Å². The molecule has 0 aliphatic rings. The third-order valence-electron chi connectivity index (χ3n) is 4.89. The van der Waals surface area contributed by atoms with Gasteiger partial charge in [-0.3, -0.25) is 19.4 Å². The Morgan fingerprint density at radius 3 is 2.41 bits per heavy atom. The second-order valence-corrected chi connectivity index (χ2v) is 10.4. The minimum atomic E-state index is -0.654. The molecule has 3 rings (SSSR count). The van der Waals surface area contributed by atoms with E-state index in [0.717, 1.165) is 11.3 Å². The molecular formula is C25H28ClN5O7S. The van der Waals surface area contributed by atoms with E-state index in [0.29, 0.717) is 22.6 Å². The van der Waals surface area contributed by atoms with Crippen LogP contribution in [0.2, 0.25) is 5.15 Å². The van der Waals surface area contributed by atoms with Crippen molar-refractivity contribution in [2.24, 2.45) is 4.99 Å². The average Bonchev–Trinajstić information content (AvgIpc) is 3.26. The van der Waals surface area contributed by atoms with Crippen molar-refractivity contribution >= 4 is 40.8 Å². The number of methoxy groups -OCH3 is 2. The number of hydrogen-bond donors (Lipinski definition) is 0. The summed E-state index contributed by atoms with van der Waals surface area (Å²) in [7, 11) is 2.89. The Hall–Kier alpha value is -3.84. The lowest BCUT2D eigenvalue weighted by molar-refractivity contribution is -0.159. The van der Waals surface area contributed by atoms with Crippen LogP contribution >= 0.6 is 22.9 Å². The first kappa shape index (κ1) is 29.7. The van der Waals surface area contributed by atoms with Crippen LogP contribution in [0.15, 0.2) is 29.5 Å². The van der Waals surface area contributed by atoms with Gasteiger partial charge in [-0.1, -0.05) is 11.6 Å². The van der Waals surface area contributed by atoms with E-state index in [4.69, 9.17) is 30.5 Å². The van der Waals surface area contributed by atoms with Crippen molar-refractivity contribution in [3.8, 4) is 22.1 Å². The van der Waals surface area contributed by atoms with E-state index in [9.17, 15) is 14.4 Å². The smallest absolute Gasteiger partial charge is 0.308 e. The van der Waals surface area contributed by atoms with Crippen molar-refractivity contribution in [1.82, 2.24) is 19.7 Å². The molecule has 3 aromatic rings. The number of amides is 1. The molecule has 0 saturated carbocycles. The fraction of sp³-hybridized carbons (Fsp3) is 0.400. The van der Waals surface area contributed by atoms with Crippen molar-refractivity contribution < 1.29 is 33.3 Å². The van der Waals surface area contributed by atoms with Gasteiger partial charge in [-0.25, -0.2) is 4.98 Å². The molecule has 14 heteroatoms.